The van der Waals surface area contributed by atoms with Crippen LogP contribution in [0.25, 0.3) is 0 Å². The summed E-state index contributed by atoms with van der Waals surface area (Å²) in [6.45, 7) is 6.85. The van der Waals surface area contributed by atoms with Crippen LogP contribution in [0.3, 0.4) is 0 Å². The topological polar surface area (TPSA) is 9.23 Å². The van der Waals surface area contributed by atoms with Gasteiger partial charge in [0.1, 0.15) is 5.83 Å². The molecule has 1 aliphatic carbocycles. The minimum absolute atomic E-state index is 0.230. The molecule has 2 heteroatoms. The predicted molar refractivity (Wildman–Crippen MR) is 61.3 cm³/mol. The van der Waals surface area contributed by atoms with E-state index in [1.165, 1.54) is 25.0 Å². The smallest absolute Gasteiger partial charge is 0.123 e. The molecule has 0 spiro atoms. The molecule has 15 heavy (non-hydrogen) atoms. The van der Waals surface area contributed by atoms with Gasteiger partial charge in [-0.15, -0.1) is 0 Å². The summed E-state index contributed by atoms with van der Waals surface area (Å²) in [4.78, 5) is 0. The van der Waals surface area contributed by atoms with E-state index < -0.39 is 0 Å². The van der Waals surface area contributed by atoms with Crippen LogP contribution in [0, 0.1) is 5.92 Å². The van der Waals surface area contributed by atoms with Gasteiger partial charge >= 0.3 is 0 Å². The zero-order chi connectivity index (χ0) is 11.1. The van der Waals surface area contributed by atoms with Gasteiger partial charge in [-0.3, -0.25) is 0 Å². The van der Waals surface area contributed by atoms with Crippen LogP contribution < -0.4 is 0 Å². The molecule has 0 bridgehead atoms. The van der Waals surface area contributed by atoms with E-state index in [0.717, 1.165) is 18.6 Å². The van der Waals surface area contributed by atoms with Crippen LogP contribution in [0.2, 0.25) is 0 Å². The van der Waals surface area contributed by atoms with Crippen molar-refractivity contribution in [2.75, 3.05) is 13.2 Å². The first-order chi connectivity index (χ1) is 7.27. The lowest BCUT2D eigenvalue weighted by atomic mass is 10.1. The summed E-state index contributed by atoms with van der Waals surface area (Å²) in [7, 11) is 0. The molecule has 84 valence electrons. The van der Waals surface area contributed by atoms with Crippen molar-refractivity contribution < 1.29 is 9.13 Å². The van der Waals surface area contributed by atoms with Crippen LogP contribution in [0.5, 0.6) is 0 Å². The van der Waals surface area contributed by atoms with Gasteiger partial charge in [0.15, 0.2) is 0 Å². The van der Waals surface area contributed by atoms with Gasteiger partial charge in [-0.2, -0.15) is 0 Å². The summed E-state index contributed by atoms with van der Waals surface area (Å²) >= 11 is 0. The second kappa shape index (κ2) is 6.57. The highest BCUT2D eigenvalue weighted by atomic mass is 19.1. The van der Waals surface area contributed by atoms with E-state index in [1.54, 1.807) is 6.08 Å². The fourth-order valence-electron chi connectivity index (χ4n) is 1.40. The summed E-state index contributed by atoms with van der Waals surface area (Å²) in [5, 5.41) is 0. The molecule has 1 saturated carbocycles. The highest BCUT2D eigenvalue weighted by Gasteiger charge is 2.25. The maximum absolute atomic E-state index is 13.2. The summed E-state index contributed by atoms with van der Waals surface area (Å²) in [5.41, 5.74) is 1.08. The molecule has 1 nitrogen and oxygen atoms in total. The first kappa shape index (κ1) is 12.2. The Bertz CT molecular complexity index is 262. The quantitative estimate of drug-likeness (QED) is 0.459. The molecule has 1 fully saturated rings. The molecule has 0 N–H and O–H groups in total. The van der Waals surface area contributed by atoms with E-state index in [0.29, 0.717) is 12.5 Å². The standard InChI is InChI=1S/C13H19FO/c1-3-5-13(14)9-12(11-6-7-11)10-15-8-4-2/h3,5,9,11H,1,4,6-8,10H2,2H3. The summed E-state index contributed by atoms with van der Waals surface area (Å²) in [6.07, 6.45) is 7.77. The molecule has 0 aromatic heterocycles. The van der Waals surface area contributed by atoms with Gasteiger partial charge in [-0.1, -0.05) is 19.6 Å². The van der Waals surface area contributed by atoms with Gasteiger partial charge < -0.3 is 4.74 Å². The minimum atomic E-state index is -0.230. The molecule has 0 atom stereocenters. The van der Waals surface area contributed by atoms with Gasteiger partial charge in [0.2, 0.25) is 0 Å². The van der Waals surface area contributed by atoms with Gasteiger partial charge in [0, 0.05) is 6.61 Å². The van der Waals surface area contributed by atoms with Crippen molar-refractivity contribution in [1.29, 1.82) is 0 Å². The lowest BCUT2D eigenvalue weighted by Crippen LogP contribution is -2.01. The minimum Gasteiger partial charge on any atom is -0.377 e. The fourth-order valence-corrected chi connectivity index (χ4v) is 1.40. The molecule has 0 aliphatic heterocycles. The molecule has 0 unspecified atom stereocenters. The summed E-state index contributed by atoms with van der Waals surface area (Å²) in [6, 6.07) is 0. The van der Waals surface area contributed by atoms with E-state index in [2.05, 4.69) is 13.5 Å². The molecule has 0 aromatic carbocycles. The summed E-state index contributed by atoms with van der Waals surface area (Å²) in [5.74, 6) is 0.317. The lowest BCUT2D eigenvalue weighted by molar-refractivity contribution is 0.153. The Morgan fingerprint density at radius 3 is 2.80 bits per heavy atom. The van der Waals surface area contributed by atoms with Crippen molar-refractivity contribution in [3.8, 4) is 0 Å². The first-order valence-electron chi connectivity index (χ1n) is 5.54. The molecule has 1 rings (SSSR count). The van der Waals surface area contributed by atoms with Gasteiger partial charge in [0.05, 0.1) is 6.61 Å². The maximum Gasteiger partial charge on any atom is 0.123 e. The van der Waals surface area contributed by atoms with Gasteiger partial charge in [-0.05, 0) is 42.9 Å². The van der Waals surface area contributed by atoms with Crippen LogP contribution in [0.4, 0.5) is 4.39 Å². The Labute approximate surface area is 91.3 Å². The molecule has 0 saturated heterocycles. The molecule has 0 radical (unpaired) electrons. The molecule has 1 aliphatic rings. The van der Waals surface area contributed by atoms with Gasteiger partial charge in [-0.25, -0.2) is 4.39 Å². The van der Waals surface area contributed by atoms with Crippen molar-refractivity contribution in [1.82, 2.24) is 0 Å². The Morgan fingerprint density at radius 1 is 1.53 bits per heavy atom. The lowest BCUT2D eigenvalue weighted by Gasteiger charge is -2.06. The number of halogens is 1. The SMILES string of the molecule is C=CC=C(F)C=C(COCCC)C1CC1. The van der Waals surface area contributed by atoms with Crippen molar-refractivity contribution in [3.05, 3.63) is 36.2 Å². The third kappa shape index (κ3) is 4.93. The number of hydrogen-bond acceptors (Lipinski definition) is 1. The van der Waals surface area contributed by atoms with Crippen LogP contribution in [0.1, 0.15) is 26.2 Å². The van der Waals surface area contributed by atoms with E-state index in [9.17, 15) is 4.39 Å². The Kier molecular flexibility index (Phi) is 5.33. The maximum atomic E-state index is 13.2. The van der Waals surface area contributed by atoms with Gasteiger partial charge in [0.25, 0.3) is 0 Å². The second-order valence-corrected chi connectivity index (χ2v) is 3.83. The average molecular weight is 210 g/mol. The van der Waals surface area contributed by atoms with E-state index in [4.69, 9.17) is 4.74 Å². The summed E-state index contributed by atoms with van der Waals surface area (Å²) < 4.78 is 18.6. The normalized spacial score (nSPS) is 18.0. The monoisotopic (exact) mass is 210 g/mol. The van der Waals surface area contributed by atoms with Crippen LogP contribution in [-0.2, 0) is 4.74 Å². The number of ether oxygens (including phenoxy) is 1. The Balaban J connectivity index is 2.48. The molecular weight excluding hydrogens is 191 g/mol. The number of allylic oxidation sites excluding steroid dienone is 4. The largest absolute Gasteiger partial charge is 0.377 e. The zero-order valence-electron chi connectivity index (χ0n) is 9.34. The van der Waals surface area contributed by atoms with Crippen molar-refractivity contribution in [2.24, 2.45) is 5.92 Å². The first-order valence-corrected chi connectivity index (χ1v) is 5.54. The second-order valence-electron chi connectivity index (χ2n) is 3.83. The van der Waals surface area contributed by atoms with Crippen LogP contribution in [0.15, 0.2) is 36.2 Å². The molecule has 0 heterocycles. The predicted octanol–water partition coefficient (Wildman–Crippen LogP) is 3.79. The van der Waals surface area contributed by atoms with Crippen molar-refractivity contribution in [3.63, 3.8) is 0 Å². The third-order valence-electron chi connectivity index (χ3n) is 2.32. The number of rotatable bonds is 7. The Hall–Kier alpha value is -0.890. The highest BCUT2D eigenvalue weighted by molar-refractivity contribution is 5.25. The van der Waals surface area contributed by atoms with Crippen LogP contribution >= 0.6 is 0 Å². The van der Waals surface area contributed by atoms with Crippen LogP contribution in [-0.4, -0.2) is 13.2 Å². The average Bonchev–Trinajstić information content (AvgIpc) is 3.00. The molecule has 0 aromatic rings. The van der Waals surface area contributed by atoms with Crippen molar-refractivity contribution in [2.45, 2.75) is 26.2 Å². The van der Waals surface area contributed by atoms with E-state index in [1.807, 2.05) is 0 Å². The van der Waals surface area contributed by atoms with E-state index >= 15 is 0 Å². The highest BCUT2D eigenvalue weighted by Crippen LogP contribution is 2.37. The molecule has 0 amide bonds. The molecular formula is C13H19FO. The fraction of sp³-hybridized carbons (Fsp3) is 0.538. The van der Waals surface area contributed by atoms with E-state index in [-0.39, 0.29) is 5.83 Å². The Morgan fingerprint density at radius 2 is 2.27 bits per heavy atom. The van der Waals surface area contributed by atoms with Crippen molar-refractivity contribution >= 4 is 0 Å². The third-order valence-corrected chi connectivity index (χ3v) is 2.32. The zero-order valence-corrected chi connectivity index (χ0v) is 9.34. The number of hydrogen-bond donors (Lipinski definition) is 0.